The summed E-state index contributed by atoms with van der Waals surface area (Å²) in [5.41, 5.74) is 2.01. The van der Waals surface area contributed by atoms with Crippen molar-refractivity contribution >= 4 is 5.97 Å². The van der Waals surface area contributed by atoms with Crippen LogP contribution >= 0.6 is 0 Å². The summed E-state index contributed by atoms with van der Waals surface area (Å²) >= 11 is 0. The Balaban J connectivity index is 2.74. The third-order valence-electron chi connectivity index (χ3n) is 2.47. The van der Waals surface area contributed by atoms with Gasteiger partial charge >= 0.3 is 5.97 Å². The first-order valence-corrected chi connectivity index (χ1v) is 5.15. The lowest BCUT2D eigenvalue weighted by atomic mass is 10.1. The highest BCUT2D eigenvalue weighted by Crippen LogP contribution is 2.22. The van der Waals surface area contributed by atoms with Crippen LogP contribution < -0.4 is 10.1 Å². The number of aryl methyl sites for hydroxylation is 1. The molecule has 0 aliphatic rings. The second-order valence-electron chi connectivity index (χ2n) is 3.71. The molecule has 0 aliphatic heterocycles. The van der Waals surface area contributed by atoms with Crippen molar-refractivity contribution < 1.29 is 14.6 Å². The summed E-state index contributed by atoms with van der Waals surface area (Å²) < 4.78 is 5.28. The summed E-state index contributed by atoms with van der Waals surface area (Å²) in [6.45, 7) is 4.06. The van der Waals surface area contributed by atoms with Gasteiger partial charge < -0.3 is 15.2 Å². The maximum Gasteiger partial charge on any atom is 0.320 e. The Labute approximate surface area is 95.2 Å². The van der Waals surface area contributed by atoms with Crippen molar-refractivity contribution in [3.8, 4) is 5.75 Å². The maximum atomic E-state index is 10.6. The van der Waals surface area contributed by atoms with Gasteiger partial charge in [-0.2, -0.15) is 0 Å². The van der Waals surface area contributed by atoms with Crippen molar-refractivity contribution in [1.29, 1.82) is 0 Å². The first-order chi connectivity index (χ1) is 7.56. The van der Waals surface area contributed by atoms with Crippen LogP contribution in [-0.2, 0) is 11.3 Å². The Morgan fingerprint density at radius 2 is 2.25 bits per heavy atom. The smallest absolute Gasteiger partial charge is 0.320 e. The summed E-state index contributed by atoms with van der Waals surface area (Å²) in [7, 11) is 1.62. The number of hydrogen-bond acceptors (Lipinski definition) is 3. The lowest BCUT2D eigenvalue weighted by molar-refractivity contribution is -0.139. The Morgan fingerprint density at radius 1 is 1.56 bits per heavy atom. The van der Waals surface area contributed by atoms with Crippen LogP contribution in [0.5, 0.6) is 5.75 Å². The predicted molar refractivity (Wildman–Crippen MR) is 61.7 cm³/mol. The molecule has 0 saturated heterocycles. The van der Waals surface area contributed by atoms with Gasteiger partial charge in [-0.25, -0.2) is 0 Å². The van der Waals surface area contributed by atoms with Crippen LogP contribution in [0.1, 0.15) is 18.1 Å². The van der Waals surface area contributed by atoms with Gasteiger partial charge in [-0.05, 0) is 19.4 Å². The standard InChI is InChI=1S/C12H17NO3/c1-8-5-4-6-10(11(8)16-3)7-13-9(2)12(14)15/h4-6,9,13H,7H2,1-3H3,(H,14,15)/t9-/m1/s1. The van der Waals surface area contributed by atoms with Crippen molar-refractivity contribution in [3.05, 3.63) is 29.3 Å². The fourth-order valence-electron chi connectivity index (χ4n) is 1.49. The van der Waals surface area contributed by atoms with Crippen LogP contribution in [-0.4, -0.2) is 24.2 Å². The molecule has 1 aromatic rings. The van der Waals surface area contributed by atoms with Gasteiger partial charge in [0.05, 0.1) is 7.11 Å². The van der Waals surface area contributed by atoms with Gasteiger partial charge in [0.15, 0.2) is 0 Å². The van der Waals surface area contributed by atoms with Crippen molar-refractivity contribution in [2.45, 2.75) is 26.4 Å². The minimum atomic E-state index is -0.855. The number of carbonyl (C=O) groups is 1. The molecule has 4 nitrogen and oxygen atoms in total. The molecular formula is C12H17NO3. The molecule has 0 fully saturated rings. The van der Waals surface area contributed by atoms with E-state index >= 15 is 0 Å². The molecule has 1 aromatic carbocycles. The number of benzene rings is 1. The Morgan fingerprint density at radius 3 is 2.81 bits per heavy atom. The molecule has 0 heterocycles. The number of carboxylic acid groups (broad SMARTS) is 1. The number of ether oxygens (including phenoxy) is 1. The molecule has 0 aromatic heterocycles. The molecule has 16 heavy (non-hydrogen) atoms. The van der Waals surface area contributed by atoms with Gasteiger partial charge in [-0.3, -0.25) is 4.79 Å². The van der Waals surface area contributed by atoms with Crippen molar-refractivity contribution in [2.24, 2.45) is 0 Å². The molecule has 1 atom stereocenters. The highest BCUT2D eigenvalue weighted by atomic mass is 16.5. The second-order valence-corrected chi connectivity index (χ2v) is 3.71. The van der Waals surface area contributed by atoms with Gasteiger partial charge in [0.1, 0.15) is 11.8 Å². The van der Waals surface area contributed by atoms with E-state index in [1.54, 1.807) is 14.0 Å². The SMILES string of the molecule is COc1c(C)cccc1CN[C@H](C)C(=O)O. The fourth-order valence-corrected chi connectivity index (χ4v) is 1.49. The monoisotopic (exact) mass is 223 g/mol. The maximum absolute atomic E-state index is 10.6. The van der Waals surface area contributed by atoms with Crippen LogP contribution in [0.3, 0.4) is 0 Å². The number of para-hydroxylation sites is 1. The number of aliphatic carboxylic acids is 1. The highest BCUT2D eigenvalue weighted by Gasteiger charge is 2.11. The average molecular weight is 223 g/mol. The first kappa shape index (κ1) is 12.5. The van der Waals surface area contributed by atoms with Crippen LogP contribution in [0.4, 0.5) is 0 Å². The quantitative estimate of drug-likeness (QED) is 0.795. The molecule has 0 saturated carbocycles. The molecule has 0 bridgehead atoms. The van der Waals surface area contributed by atoms with E-state index in [0.717, 1.165) is 16.9 Å². The van der Waals surface area contributed by atoms with E-state index in [9.17, 15) is 4.79 Å². The van der Waals surface area contributed by atoms with Gasteiger partial charge in [-0.15, -0.1) is 0 Å². The lowest BCUT2D eigenvalue weighted by Gasteiger charge is -2.13. The van der Waals surface area contributed by atoms with E-state index in [-0.39, 0.29) is 0 Å². The molecular weight excluding hydrogens is 206 g/mol. The topological polar surface area (TPSA) is 58.6 Å². The Bertz CT molecular complexity index is 377. The van der Waals surface area contributed by atoms with E-state index in [1.165, 1.54) is 0 Å². The zero-order chi connectivity index (χ0) is 12.1. The molecule has 0 radical (unpaired) electrons. The second kappa shape index (κ2) is 5.51. The summed E-state index contributed by atoms with van der Waals surface area (Å²) in [4.78, 5) is 10.6. The van der Waals surface area contributed by atoms with E-state index in [0.29, 0.717) is 6.54 Å². The average Bonchev–Trinajstić information content (AvgIpc) is 2.25. The summed E-state index contributed by atoms with van der Waals surface area (Å²) in [5, 5.41) is 11.7. The molecule has 0 aliphatic carbocycles. The lowest BCUT2D eigenvalue weighted by Crippen LogP contribution is -2.33. The van der Waals surface area contributed by atoms with Crippen molar-refractivity contribution in [1.82, 2.24) is 5.32 Å². The number of hydrogen-bond donors (Lipinski definition) is 2. The normalized spacial score (nSPS) is 12.2. The molecule has 0 amide bonds. The number of methoxy groups -OCH3 is 1. The van der Waals surface area contributed by atoms with Gasteiger partial charge in [-0.1, -0.05) is 18.2 Å². The first-order valence-electron chi connectivity index (χ1n) is 5.15. The zero-order valence-electron chi connectivity index (χ0n) is 9.78. The van der Waals surface area contributed by atoms with Gasteiger partial charge in [0.2, 0.25) is 0 Å². The van der Waals surface area contributed by atoms with E-state index in [4.69, 9.17) is 9.84 Å². The number of carboxylic acids is 1. The third-order valence-corrected chi connectivity index (χ3v) is 2.47. The summed E-state index contributed by atoms with van der Waals surface area (Å²) in [5.74, 6) is -0.0424. The van der Waals surface area contributed by atoms with Crippen LogP contribution in [0, 0.1) is 6.92 Å². The molecule has 1 rings (SSSR count). The van der Waals surface area contributed by atoms with Crippen molar-refractivity contribution in [3.63, 3.8) is 0 Å². The third kappa shape index (κ3) is 2.97. The highest BCUT2D eigenvalue weighted by molar-refractivity contribution is 5.72. The van der Waals surface area contributed by atoms with Crippen LogP contribution in [0.15, 0.2) is 18.2 Å². The van der Waals surface area contributed by atoms with E-state index < -0.39 is 12.0 Å². The largest absolute Gasteiger partial charge is 0.496 e. The van der Waals surface area contributed by atoms with Crippen molar-refractivity contribution in [2.75, 3.05) is 7.11 Å². The number of rotatable bonds is 5. The fraction of sp³-hybridized carbons (Fsp3) is 0.417. The Hall–Kier alpha value is -1.55. The molecule has 0 spiro atoms. The minimum absolute atomic E-state index is 0.484. The predicted octanol–water partition coefficient (Wildman–Crippen LogP) is 1.57. The van der Waals surface area contributed by atoms with E-state index in [2.05, 4.69) is 5.32 Å². The Kier molecular flexibility index (Phi) is 4.31. The number of nitrogens with one attached hydrogen (secondary N) is 1. The van der Waals surface area contributed by atoms with Crippen LogP contribution in [0.2, 0.25) is 0 Å². The zero-order valence-corrected chi connectivity index (χ0v) is 9.78. The minimum Gasteiger partial charge on any atom is -0.496 e. The van der Waals surface area contributed by atoms with E-state index in [1.807, 2.05) is 25.1 Å². The van der Waals surface area contributed by atoms with Gasteiger partial charge in [0.25, 0.3) is 0 Å². The molecule has 2 N–H and O–H groups in total. The van der Waals surface area contributed by atoms with Crippen LogP contribution in [0.25, 0.3) is 0 Å². The molecule has 4 heteroatoms. The molecule has 0 unspecified atom stereocenters. The van der Waals surface area contributed by atoms with Gasteiger partial charge in [0, 0.05) is 12.1 Å². The summed E-state index contributed by atoms with van der Waals surface area (Å²) in [6.07, 6.45) is 0. The summed E-state index contributed by atoms with van der Waals surface area (Å²) in [6, 6.07) is 5.25. The molecule has 88 valence electrons.